The van der Waals surface area contributed by atoms with E-state index in [0.717, 1.165) is 16.5 Å². The fourth-order valence-corrected chi connectivity index (χ4v) is 3.76. The Bertz CT molecular complexity index is 946. The molecule has 1 fully saturated rings. The predicted molar refractivity (Wildman–Crippen MR) is 98.9 cm³/mol. The van der Waals surface area contributed by atoms with E-state index in [1.807, 2.05) is 30.3 Å². The topological polar surface area (TPSA) is 80.0 Å². The lowest BCUT2D eigenvalue weighted by Crippen LogP contribution is -2.42. The van der Waals surface area contributed by atoms with Crippen molar-refractivity contribution in [3.63, 3.8) is 0 Å². The van der Waals surface area contributed by atoms with E-state index in [-0.39, 0.29) is 24.0 Å². The number of para-hydroxylation sites is 1. The Balaban J connectivity index is 1.67. The molecular formula is C19H19ClN4O2. The zero-order chi connectivity index (χ0) is 18.3. The summed E-state index contributed by atoms with van der Waals surface area (Å²) in [6, 6.07) is 9.66. The summed E-state index contributed by atoms with van der Waals surface area (Å²) in [7, 11) is 1.68. The van der Waals surface area contributed by atoms with Gasteiger partial charge in [-0.05, 0) is 36.5 Å². The van der Waals surface area contributed by atoms with E-state index in [2.05, 4.69) is 15.4 Å². The minimum absolute atomic E-state index is 0.156. The van der Waals surface area contributed by atoms with Crippen LogP contribution < -0.4 is 5.32 Å². The highest BCUT2D eigenvalue weighted by atomic mass is 35.5. The van der Waals surface area contributed by atoms with Gasteiger partial charge < -0.3 is 10.4 Å². The first-order valence-corrected chi connectivity index (χ1v) is 8.92. The lowest BCUT2D eigenvalue weighted by molar-refractivity contribution is 0.0234. The van der Waals surface area contributed by atoms with Gasteiger partial charge in [0.25, 0.3) is 5.91 Å². The van der Waals surface area contributed by atoms with Crippen molar-refractivity contribution in [3.8, 4) is 0 Å². The average Bonchev–Trinajstić information content (AvgIpc) is 2.95. The minimum Gasteiger partial charge on any atom is -0.393 e. The van der Waals surface area contributed by atoms with Crippen molar-refractivity contribution in [2.24, 2.45) is 13.0 Å². The maximum Gasteiger partial charge on any atom is 0.271 e. The molecule has 0 bridgehead atoms. The third-order valence-corrected chi connectivity index (χ3v) is 5.26. The highest BCUT2D eigenvalue weighted by molar-refractivity contribution is 6.33. The number of amides is 1. The summed E-state index contributed by atoms with van der Waals surface area (Å²) in [5, 5.41) is 18.1. The number of hydrogen-bond donors (Lipinski definition) is 2. The molecule has 2 heterocycles. The number of fused-ring (bicyclic) bond motifs is 1. The van der Waals surface area contributed by atoms with Crippen LogP contribution in [-0.4, -0.2) is 31.9 Å². The maximum absolute atomic E-state index is 12.8. The summed E-state index contributed by atoms with van der Waals surface area (Å²) < 4.78 is 1.46. The van der Waals surface area contributed by atoms with Crippen LogP contribution in [0.15, 0.2) is 42.7 Å². The Morgan fingerprint density at radius 1 is 1.35 bits per heavy atom. The molecule has 1 aliphatic rings. The zero-order valence-electron chi connectivity index (χ0n) is 14.3. The van der Waals surface area contributed by atoms with Gasteiger partial charge in [-0.3, -0.25) is 14.5 Å². The van der Waals surface area contributed by atoms with Gasteiger partial charge in [0.05, 0.1) is 28.9 Å². The molecular weight excluding hydrogens is 352 g/mol. The van der Waals surface area contributed by atoms with Crippen molar-refractivity contribution in [2.45, 2.75) is 25.0 Å². The summed E-state index contributed by atoms with van der Waals surface area (Å²) in [6.45, 7) is 0. The van der Waals surface area contributed by atoms with Gasteiger partial charge in [-0.15, -0.1) is 0 Å². The van der Waals surface area contributed by atoms with E-state index in [4.69, 9.17) is 11.6 Å². The Kier molecular flexibility index (Phi) is 4.38. The molecule has 1 amide bonds. The van der Waals surface area contributed by atoms with E-state index in [1.54, 1.807) is 13.2 Å². The van der Waals surface area contributed by atoms with Crippen LogP contribution in [0.3, 0.4) is 0 Å². The molecule has 3 aromatic rings. The van der Waals surface area contributed by atoms with Crippen molar-refractivity contribution < 1.29 is 9.90 Å². The number of aliphatic hydroxyl groups is 1. The molecule has 134 valence electrons. The van der Waals surface area contributed by atoms with Crippen LogP contribution >= 0.6 is 11.6 Å². The molecule has 0 unspecified atom stereocenters. The normalized spacial score (nSPS) is 20.6. The predicted octanol–water partition coefficient (Wildman–Crippen LogP) is 2.86. The third kappa shape index (κ3) is 3.06. The largest absolute Gasteiger partial charge is 0.393 e. The molecule has 0 radical (unpaired) electrons. The Morgan fingerprint density at radius 2 is 2.12 bits per heavy atom. The molecule has 2 aromatic heterocycles. The molecule has 2 N–H and O–H groups in total. The van der Waals surface area contributed by atoms with Crippen LogP contribution in [0.5, 0.6) is 0 Å². The Hall–Kier alpha value is -2.44. The number of carbonyl (C=O) groups is 1. The fraction of sp³-hybridized carbons (Fsp3) is 0.316. The van der Waals surface area contributed by atoms with Crippen molar-refractivity contribution in [1.29, 1.82) is 0 Å². The molecule has 0 spiro atoms. The van der Waals surface area contributed by atoms with Gasteiger partial charge in [0.15, 0.2) is 0 Å². The minimum atomic E-state index is -0.312. The van der Waals surface area contributed by atoms with Gasteiger partial charge >= 0.3 is 0 Å². The van der Waals surface area contributed by atoms with Crippen LogP contribution in [0, 0.1) is 5.92 Å². The van der Waals surface area contributed by atoms with E-state index in [0.29, 0.717) is 23.6 Å². The summed E-state index contributed by atoms with van der Waals surface area (Å²) in [5.41, 5.74) is 2.15. The van der Waals surface area contributed by atoms with E-state index in [9.17, 15) is 9.90 Å². The number of rotatable bonds is 4. The molecule has 7 heteroatoms. The van der Waals surface area contributed by atoms with Crippen molar-refractivity contribution in [3.05, 3.63) is 59.0 Å². The lowest BCUT2D eigenvalue weighted by Gasteiger charge is -2.38. The van der Waals surface area contributed by atoms with Crippen LogP contribution in [0.1, 0.15) is 34.9 Å². The molecule has 0 aliphatic heterocycles. The standard InChI is InChI=1S/C19H19ClN4O2/c1-24-18(15(20)10-22-24)19(26)23-17(12-7-14(25)8-12)13-6-11-4-2-3-5-16(11)21-9-13/h2-6,9-10,12,14,17,25H,7-8H2,1H3,(H,23,26)/t12?,14?,17-/m0/s1. The second kappa shape index (κ2) is 6.70. The van der Waals surface area contributed by atoms with Crippen LogP contribution in [-0.2, 0) is 7.05 Å². The van der Waals surface area contributed by atoms with Crippen molar-refractivity contribution in [2.75, 3.05) is 0 Å². The van der Waals surface area contributed by atoms with E-state index >= 15 is 0 Å². The number of aryl methyl sites for hydroxylation is 1. The number of nitrogens with one attached hydrogen (secondary N) is 1. The highest BCUT2D eigenvalue weighted by Crippen LogP contribution is 2.38. The smallest absolute Gasteiger partial charge is 0.271 e. The summed E-state index contributed by atoms with van der Waals surface area (Å²) in [5.74, 6) is -0.126. The van der Waals surface area contributed by atoms with E-state index < -0.39 is 0 Å². The molecule has 1 aliphatic carbocycles. The summed E-state index contributed by atoms with van der Waals surface area (Å²) >= 11 is 6.10. The summed E-state index contributed by atoms with van der Waals surface area (Å²) in [4.78, 5) is 17.3. The highest BCUT2D eigenvalue weighted by Gasteiger charge is 2.36. The van der Waals surface area contributed by atoms with Gasteiger partial charge in [0, 0.05) is 18.6 Å². The lowest BCUT2D eigenvalue weighted by atomic mass is 9.75. The first kappa shape index (κ1) is 17.0. The van der Waals surface area contributed by atoms with E-state index in [1.165, 1.54) is 10.9 Å². The second-order valence-electron chi connectivity index (χ2n) is 6.76. The van der Waals surface area contributed by atoms with Crippen LogP contribution in [0.25, 0.3) is 10.9 Å². The molecule has 1 aromatic carbocycles. The second-order valence-corrected chi connectivity index (χ2v) is 7.17. The zero-order valence-corrected chi connectivity index (χ0v) is 15.0. The number of nitrogens with zero attached hydrogens (tertiary/aromatic N) is 3. The monoisotopic (exact) mass is 370 g/mol. The first-order chi connectivity index (χ1) is 12.5. The Morgan fingerprint density at radius 3 is 2.81 bits per heavy atom. The Labute approximate surface area is 155 Å². The number of aromatic nitrogens is 3. The molecule has 6 nitrogen and oxygen atoms in total. The molecule has 0 saturated heterocycles. The van der Waals surface area contributed by atoms with Gasteiger partial charge in [-0.25, -0.2) is 0 Å². The number of pyridine rings is 1. The number of benzene rings is 1. The number of halogens is 1. The number of aliphatic hydroxyl groups excluding tert-OH is 1. The van der Waals surface area contributed by atoms with Crippen LogP contribution in [0.4, 0.5) is 0 Å². The summed E-state index contributed by atoms with van der Waals surface area (Å²) in [6.07, 6.45) is 4.24. The van der Waals surface area contributed by atoms with Crippen molar-refractivity contribution >= 4 is 28.4 Å². The molecule has 1 saturated carbocycles. The molecule has 1 atom stereocenters. The molecule has 26 heavy (non-hydrogen) atoms. The quantitative estimate of drug-likeness (QED) is 0.740. The van der Waals surface area contributed by atoms with Crippen molar-refractivity contribution in [1.82, 2.24) is 20.1 Å². The first-order valence-electron chi connectivity index (χ1n) is 8.54. The van der Waals surface area contributed by atoms with Crippen LogP contribution in [0.2, 0.25) is 5.02 Å². The van der Waals surface area contributed by atoms with Gasteiger partial charge in [-0.2, -0.15) is 5.10 Å². The fourth-order valence-electron chi connectivity index (χ4n) is 3.51. The average molecular weight is 371 g/mol. The van der Waals surface area contributed by atoms with Gasteiger partial charge in [0.2, 0.25) is 0 Å². The molecule has 4 rings (SSSR count). The third-order valence-electron chi connectivity index (χ3n) is 4.99. The number of hydrogen-bond acceptors (Lipinski definition) is 4. The SMILES string of the molecule is Cn1ncc(Cl)c1C(=O)N[C@H](c1cnc2ccccc2c1)C1CC(O)C1. The van der Waals surface area contributed by atoms with Gasteiger partial charge in [0.1, 0.15) is 5.69 Å². The maximum atomic E-state index is 12.8. The number of carbonyl (C=O) groups excluding carboxylic acids is 1. The van der Waals surface area contributed by atoms with Gasteiger partial charge in [-0.1, -0.05) is 29.8 Å².